The molecule has 0 aromatic heterocycles. The molecule has 0 aliphatic carbocycles. The highest BCUT2D eigenvalue weighted by Gasteiger charge is 2.08. The first-order valence-corrected chi connectivity index (χ1v) is 7.14. The highest BCUT2D eigenvalue weighted by atomic mass is 16.5. The van der Waals surface area contributed by atoms with Crippen molar-refractivity contribution in [1.29, 1.82) is 0 Å². The molecule has 0 radical (unpaired) electrons. The van der Waals surface area contributed by atoms with E-state index in [1.807, 2.05) is 18.2 Å². The second-order valence-corrected chi connectivity index (χ2v) is 5.17. The maximum Gasteiger partial charge on any atom is 0.308 e. The number of carbonyl (C=O) groups is 1. The standard InChI is InChI=1S/C16H25NO4/c1-12(2)10-17-11-13-9-14(19-3)5-6-15(13)21-8-7-16(18)20-4/h5-6,9,12,17H,7-8,10-11H2,1-4H3. The van der Waals surface area contributed by atoms with E-state index in [4.69, 9.17) is 9.47 Å². The minimum atomic E-state index is -0.275. The van der Waals surface area contributed by atoms with E-state index in [0.29, 0.717) is 19.1 Å². The Morgan fingerprint density at radius 3 is 2.67 bits per heavy atom. The summed E-state index contributed by atoms with van der Waals surface area (Å²) < 4.78 is 15.5. The average Bonchev–Trinajstić information content (AvgIpc) is 2.47. The molecule has 1 aromatic carbocycles. The van der Waals surface area contributed by atoms with Gasteiger partial charge in [0, 0.05) is 12.1 Å². The van der Waals surface area contributed by atoms with Crippen LogP contribution in [0.15, 0.2) is 18.2 Å². The van der Waals surface area contributed by atoms with Gasteiger partial charge in [-0.2, -0.15) is 0 Å². The van der Waals surface area contributed by atoms with Crippen molar-refractivity contribution in [1.82, 2.24) is 5.32 Å². The highest BCUT2D eigenvalue weighted by Crippen LogP contribution is 2.24. The zero-order chi connectivity index (χ0) is 15.7. The number of benzene rings is 1. The van der Waals surface area contributed by atoms with Crippen LogP contribution in [0.4, 0.5) is 0 Å². The van der Waals surface area contributed by atoms with Gasteiger partial charge in [-0.3, -0.25) is 4.79 Å². The predicted molar refractivity (Wildman–Crippen MR) is 81.7 cm³/mol. The monoisotopic (exact) mass is 295 g/mol. The second kappa shape index (κ2) is 9.23. The normalized spacial score (nSPS) is 10.5. The third-order valence-electron chi connectivity index (χ3n) is 2.93. The fourth-order valence-electron chi connectivity index (χ4n) is 1.80. The molecule has 0 unspecified atom stereocenters. The zero-order valence-electron chi connectivity index (χ0n) is 13.3. The zero-order valence-corrected chi connectivity index (χ0v) is 13.3. The molecule has 1 N–H and O–H groups in total. The molecule has 21 heavy (non-hydrogen) atoms. The van der Waals surface area contributed by atoms with Gasteiger partial charge in [0.1, 0.15) is 11.5 Å². The first-order valence-electron chi connectivity index (χ1n) is 7.14. The Bertz CT molecular complexity index is 446. The SMILES string of the molecule is COC(=O)CCOc1ccc(OC)cc1CNCC(C)C. The van der Waals surface area contributed by atoms with Crippen LogP contribution in [0, 0.1) is 5.92 Å². The molecule has 0 amide bonds. The molecule has 5 nitrogen and oxygen atoms in total. The number of methoxy groups -OCH3 is 2. The van der Waals surface area contributed by atoms with Gasteiger partial charge in [-0.1, -0.05) is 13.8 Å². The first-order chi connectivity index (χ1) is 10.1. The smallest absolute Gasteiger partial charge is 0.308 e. The van der Waals surface area contributed by atoms with Gasteiger partial charge in [0.15, 0.2) is 0 Å². The Morgan fingerprint density at radius 1 is 1.29 bits per heavy atom. The van der Waals surface area contributed by atoms with Gasteiger partial charge in [0.05, 0.1) is 27.2 Å². The van der Waals surface area contributed by atoms with E-state index in [9.17, 15) is 4.79 Å². The van der Waals surface area contributed by atoms with Gasteiger partial charge < -0.3 is 19.5 Å². The molecule has 1 aromatic rings. The molecule has 0 saturated heterocycles. The molecule has 0 spiro atoms. The summed E-state index contributed by atoms with van der Waals surface area (Å²) in [5.41, 5.74) is 1.01. The molecule has 5 heteroatoms. The summed E-state index contributed by atoms with van der Waals surface area (Å²) in [6.45, 7) is 6.25. The molecule has 0 aliphatic heterocycles. The van der Waals surface area contributed by atoms with Crippen LogP contribution in [0.3, 0.4) is 0 Å². The van der Waals surface area contributed by atoms with E-state index in [0.717, 1.165) is 23.6 Å². The van der Waals surface area contributed by atoms with E-state index in [1.165, 1.54) is 7.11 Å². The van der Waals surface area contributed by atoms with Crippen molar-refractivity contribution in [2.45, 2.75) is 26.8 Å². The first kappa shape index (κ1) is 17.3. The van der Waals surface area contributed by atoms with Crippen molar-refractivity contribution in [3.8, 4) is 11.5 Å². The Labute approximate surface area is 126 Å². The van der Waals surface area contributed by atoms with Crippen LogP contribution >= 0.6 is 0 Å². The van der Waals surface area contributed by atoms with E-state index in [-0.39, 0.29) is 12.4 Å². The maximum atomic E-state index is 11.1. The molecule has 0 aliphatic rings. The van der Waals surface area contributed by atoms with E-state index in [1.54, 1.807) is 7.11 Å². The van der Waals surface area contributed by atoms with Crippen LogP contribution in [-0.2, 0) is 16.1 Å². The Hall–Kier alpha value is -1.75. The summed E-state index contributed by atoms with van der Waals surface area (Å²) in [4.78, 5) is 11.1. The molecule has 0 atom stereocenters. The Kier molecular flexibility index (Phi) is 7.61. The summed E-state index contributed by atoms with van der Waals surface area (Å²) in [6.07, 6.45) is 0.237. The minimum absolute atomic E-state index is 0.237. The molecular formula is C16H25NO4. The number of hydrogen-bond donors (Lipinski definition) is 1. The van der Waals surface area contributed by atoms with Crippen molar-refractivity contribution >= 4 is 5.97 Å². The largest absolute Gasteiger partial charge is 0.497 e. The van der Waals surface area contributed by atoms with Crippen molar-refractivity contribution in [2.75, 3.05) is 27.4 Å². The maximum absolute atomic E-state index is 11.1. The van der Waals surface area contributed by atoms with Crippen LogP contribution in [0.25, 0.3) is 0 Å². The van der Waals surface area contributed by atoms with Gasteiger partial charge in [-0.05, 0) is 30.7 Å². The molecule has 0 fully saturated rings. The summed E-state index contributed by atoms with van der Waals surface area (Å²) in [5.74, 6) is 1.86. The quantitative estimate of drug-likeness (QED) is 0.709. The van der Waals surface area contributed by atoms with Gasteiger partial charge in [-0.15, -0.1) is 0 Å². The van der Waals surface area contributed by atoms with Crippen LogP contribution < -0.4 is 14.8 Å². The summed E-state index contributed by atoms with van der Waals surface area (Å²) in [6, 6.07) is 5.66. The molecule has 0 saturated carbocycles. The van der Waals surface area contributed by atoms with E-state index >= 15 is 0 Å². The van der Waals surface area contributed by atoms with Crippen LogP contribution in [0.1, 0.15) is 25.8 Å². The number of nitrogens with one attached hydrogen (secondary N) is 1. The van der Waals surface area contributed by atoms with Crippen LogP contribution in [-0.4, -0.2) is 33.3 Å². The summed E-state index contributed by atoms with van der Waals surface area (Å²) in [7, 11) is 3.01. The summed E-state index contributed by atoms with van der Waals surface area (Å²) >= 11 is 0. The van der Waals surface area contributed by atoms with Crippen molar-refractivity contribution in [2.24, 2.45) is 5.92 Å². The average molecular weight is 295 g/mol. The van der Waals surface area contributed by atoms with Crippen LogP contribution in [0.5, 0.6) is 11.5 Å². The molecule has 0 heterocycles. The van der Waals surface area contributed by atoms with E-state index < -0.39 is 0 Å². The summed E-state index contributed by atoms with van der Waals surface area (Å²) in [5, 5.41) is 3.38. The topological polar surface area (TPSA) is 56.8 Å². The fourth-order valence-corrected chi connectivity index (χ4v) is 1.80. The third kappa shape index (κ3) is 6.49. The lowest BCUT2D eigenvalue weighted by molar-refractivity contribution is -0.141. The molecular weight excluding hydrogens is 270 g/mol. The lowest BCUT2D eigenvalue weighted by Gasteiger charge is -2.14. The van der Waals surface area contributed by atoms with Crippen molar-refractivity contribution < 1.29 is 19.0 Å². The van der Waals surface area contributed by atoms with Crippen molar-refractivity contribution in [3.05, 3.63) is 23.8 Å². The fraction of sp³-hybridized carbons (Fsp3) is 0.562. The van der Waals surface area contributed by atoms with Gasteiger partial charge in [0.2, 0.25) is 0 Å². The predicted octanol–water partition coefficient (Wildman–Crippen LogP) is 2.38. The number of esters is 1. The van der Waals surface area contributed by atoms with Gasteiger partial charge in [0.25, 0.3) is 0 Å². The number of ether oxygens (including phenoxy) is 3. The minimum Gasteiger partial charge on any atom is -0.497 e. The Balaban J connectivity index is 2.65. The van der Waals surface area contributed by atoms with Crippen LogP contribution in [0.2, 0.25) is 0 Å². The van der Waals surface area contributed by atoms with Gasteiger partial charge in [-0.25, -0.2) is 0 Å². The molecule has 0 bridgehead atoms. The lowest BCUT2D eigenvalue weighted by Crippen LogP contribution is -2.19. The number of rotatable bonds is 9. The second-order valence-electron chi connectivity index (χ2n) is 5.17. The van der Waals surface area contributed by atoms with Gasteiger partial charge >= 0.3 is 5.97 Å². The number of carbonyl (C=O) groups excluding carboxylic acids is 1. The Morgan fingerprint density at radius 2 is 2.05 bits per heavy atom. The van der Waals surface area contributed by atoms with E-state index in [2.05, 4.69) is 23.9 Å². The van der Waals surface area contributed by atoms with Crippen molar-refractivity contribution in [3.63, 3.8) is 0 Å². The number of hydrogen-bond acceptors (Lipinski definition) is 5. The highest BCUT2D eigenvalue weighted by molar-refractivity contribution is 5.69. The molecule has 118 valence electrons. The lowest BCUT2D eigenvalue weighted by atomic mass is 10.1. The third-order valence-corrected chi connectivity index (χ3v) is 2.93. The molecule has 1 rings (SSSR count).